The molecular weight excluding hydrogens is 356 g/mol. The van der Waals surface area contributed by atoms with E-state index in [4.69, 9.17) is 14.7 Å². The van der Waals surface area contributed by atoms with E-state index in [1.54, 1.807) is 54.6 Å². The molecule has 0 bridgehead atoms. The van der Waals surface area contributed by atoms with Crippen LogP contribution in [0.4, 0.5) is 5.69 Å². The number of esters is 1. The van der Waals surface area contributed by atoms with E-state index in [1.807, 2.05) is 6.07 Å². The monoisotopic (exact) mass is 376 g/mol. The Labute approximate surface area is 163 Å². The largest absolute Gasteiger partial charge is 0.490 e. The lowest BCUT2D eigenvalue weighted by Gasteiger charge is -2.12. The molecular formula is C22H20N2O4. The molecule has 2 rings (SSSR count). The third kappa shape index (κ3) is 6.46. The molecule has 0 saturated carbocycles. The lowest BCUT2D eigenvalue weighted by Crippen LogP contribution is -2.29. The van der Waals surface area contributed by atoms with E-state index >= 15 is 0 Å². The van der Waals surface area contributed by atoms with E-state index in [0.29, 0.717) is 23.6 Å². The predicted molar refractivity (Wildman–Crippen MR) is 107 cm³/mol. The second-order valence-corrected chi connectivity index (χ2v) is 5.76. The number of ether oxygens (including phenoxy) is 2. The minimum Gasteiger partial charge on any atom is -0.490 e. The van der Waals surface area contributed by atoms with Crippen molar-refractivity contribution in [2.24, 2.45) is 0 Å². The Kier molecular flexibility index (Phi) is 7.55. The molecule has 1 N–H and O–H groups in total. The van der Waals surface area contributed by atoms with Gasteiger partial charge in [-0.1, -0.05) is 30.9 Å². The average Bonchev–Trinajstić information content (AvgIpc) is 2.71. The first-order valence-electron chi connectivity index (χ1n) is 8.55. The van der Waals surface area contributed by atoms with Gasteiger partial charge in [0.25, 0.3) is 5.91 Å². The van der Waals surface area contributed by atoms with Crippen molar-refractivity contribution < 1.29 is 19.1 Å². The second kappa shape index (κ2) is 10.3. The van der Waals surface area contributed by atoms with E-state index in [0.717, 1.165) is 5.56 Å². The van der Waals surface area contributed by atoms with Crippen molar-refractivity contribution in [2.75, 3.05) is 11.9 Å². The van der Waals surface area contributed by atoms with Crippen molar-refractivity contribution in [3.8, 4) is 11.8 Å². The fourth-order valence-corrected chi connectivity index (χ4v) is 2.17. The van der Waals surface area contributed by atoms with Gasteiger partial charge < -0.3 is 14.8 Å². The zero-order chi connectivity index (χ0) is 20.4. The third-order valence-corrected chi connectivity index (χ3v) is 3.58. The number of carbonyl (C=O) groups is 2. The van der Waals surface area contributed by atoms with E-state index in [9.17, 15) is 9.59 Å². The first-order chi connectivity index (χ1) is 13.5. The highest BCUT2D eigenvalue weighted by molar-refractivity contribution is 5.96. The molecule has 2 aromatic carbocycles. The smallest absolute Gasteiger partial charge is 0.331 e. The Morgan fingerprint density at radius 1 is 1.25 bits per heavy atom. The summed E-state index contributed by atoms with van der Waals surface area (Å²) in [4.78, 5) is 24.1. The molecule has 1 unspecified atom stereocenters. The molecule has 2 aromatic rings. The molecule has 1 atom stereocenters. The van der Waals surface area contributed by atoms with Gasteiger partial charge in [0.15, 0.2) is 6.10 Å². The van der Waals surface area contributed by atoms with Gasteiger partial charge in [-0.3, -0.25) is 4.79 Å². The maximum atomic E-state index is 12.1. The van der Waals surface area contributed by atoms with Gasteiger partial charge in [-0.05, 0) is 48.9 Å². The third-order valence-electron chi connectivity index (χ3n) is 3.58. The zero-order valence-corrected chi connectivity index (χ0v) is 15.4. The standard InChI is InChI=1S/C22H20N2O4/c1-3-13-27-20-10-7-17(8-11-20)9-12-21(25)28-16(2)22(26)24-19-6-4-5-18(14-19)15-23/h3-12,14,16H,1,13H2,2H3,(H,24,26)/b12-9+. The van der Waals surface area contributed by atoms with Crippen LogP contribution in [0.1, 0.15) is 18.1 Å². The number of amides is 1. The number of hydrogen-bond donors (Lipinski definition) is 1. The summed E-state index contributed by atoms with van der Waals surface area (Å²) in [5, 5.41) is 11.5. The topological polar surface area (TPSA) is 88.4 Å². The Balaban J connectivity index is 1.87. The molecule has 0 spiro atoms. The van der Waals surface area contributed by atoms with Gasteiger partial charge in [-0.25, -0.2) is 4.79 Å². The van der Waals surface area contributed by atoms with E-state index in [1.165, 1.54) is 19.1 Å². The number of benzene rings is 2. The Morgan fingerprint density at radius 3 is 2.68 bits per heavy atom. The van der Waals surface area contributed by atoms with Crippen LogP contribution in [0, 0.1) is 11.3 Å². The van der Waals surface area contributed by atoms with Gasteiger partial charge >= 0.3 is 5.97 Å². The number of rotatable bonds is 8. The van der Waals surface area contributed by atoms with Crippen molar-refractivity contribution in [3.63, 3.8) is 0 Å². The van der Waals surface area contributed by atoms with Crippen LogP contribution in [0.2, 0.25) is 0 Å². The highest BCUT2D eigenvalue weighted by Crippen LogP contribution is 2.14. The fourth-order valence-electron chi connectivity index (χ4n) is 2.17. The summed E-state index contributed by atoms with van der Waals surface area (Å²) in [6.07, 6.45) is 3.50. The molecule has 0 heterocycles. The first-order valence-corrected chi connectivity index (χ1v) is 8.55. The molecule has 0 radical (unpaired) electrons. The summed E-state index contributed by atoms with van der Waals surface area (Å²) in [7, 11) is 0. The highest BCUT2D eigenvalue weighted by atomic mass is 16.5. The maximum absolute atomic E-state index is 12.1. The first kappa shape index (κ1) is 20.5. The summed E-state index contributed by atoms with van der Waals surface area (Å²) in [6, 6.07) is 15.6. The molecule has 0 aromatic heterocycles. The van der Waals surface area contributed by atoms with Crippen LogP contribution in [0.15, 0.2) is 67.3 Å². The average molecular weight is 376 g/mol. The lowest BCUT2D eigenvalue weighted by molar-refractivity contribution is -0.148. The molecule has 0 fully saturated rings. The van der Waals surface area contributed by atoms with E-state index < -0.39 is 18.0 Å². The minimum absolute atomic E-state index is 0.419. The summed E-state index contributed by atoms with van der Waals surface area (Å²) in [5.74, 6) is -0.425. The van der Waals surface area contributed by atoms with E-state index in [-0.39, 0.29) is 0 Å². The predicted octanol–water partition coefficient (Wildman–Crippen LogP) is 3.71. The Hall–Kier alpha value is -3.85. The Bertz CT molecular complexity index is 911. The van der Waals surface area contributed by atoms with Crippen LogP contribution >= 0.6 is 0 Å². The van der Waals surface area contributed by atoms with Crippen molar-refractivity contribution in [3.05, 3.63) is 78.4 Å². The van der Waals surface area contributed by atoms with Gasteiger partial charge in [0, 0.05) is 11.8 Å². The number of nitrogens with one attached hydrogen (secondary N) is 1. The minimum atomic E-state index is -0.988. The van der Waals surface area contributed by atoms with Crippen LogP contribution in [-0.2, 0) is 14.3 Å². The van der Waals surface area contributed by atoms with Crippen molar-refractivity contribution in [1.82, 2.24) is 0 Å². The molecule has 6 nitrogen and oxygen atoms in total. The molecule has 6 heteroatoms. The molecule has 0 aliphatic heterocycles. The normalized spacial score (nSPS) is 11.3. The highest BCUT2D eigenvalue weighted by Gasteiger charge is 2.16. The molecule has 28 heavy (non-hydrogen) atoms. The number of carbonyl (C=O) groups excluding carboxylic acids is 2. The summed E-state index contributed by atoms with van der Waals surface area (Å²) in [5.41, 5.74) is 1.67. The summed E-state index contributed by atoms with van der Waals surface area (Å²) in [6.45, 7) is 5.47. The SMILES string of the molecule is C=CCOc1ccc(/C=C/C(=O)OC(C)C(=O)Nc2cccc(C#N)c2)cc1. The quantitative estimate of drug-likeness (QED) is 0.431. The van der Waals surface area contributed by atoms with Crippen molar-refractivity contribution in [1.29, 1.82) is 5.26 Å². The zero-order valence-electron chi connectivity index (χ0n) is 15.4. The van der Waals surface area contributed by atoms with Crippen LogP contribution in [0.25, 0.3) is 6.08 Å². The van der Waals surface area contributed by atoms with Gasteiger partial charge in [-0.15, -0.1) is 0 Å². The molecule has 0 aliphatic rings. The van der Waals surface area contributed by atoms with Crippen LogP contribution in [0.5, 0.6) is 5.75 Å². The van der Waals surface area contributed by atoms with Crippen LogP contribution < -0.4 is 10.1 Å². The molecule has 1 amide bonds. The maximum Gasteiger partial charge on any atom is 0.331 e. The lowest BCUT2D eigenvalue weighted by atomic mass is 10.2. The van der Waals surface area contributed by atoms with Crippen LogP contribution in [-0.4, -0.2) is 24.6 Å². The van der Waals surface area contributed by atoms with Crippen molar-refractivity contribution in [2.45, 2.75) is 13.0 Å². The molecule has 142 valence electrons. The molecule has 0 saturated heterocycles. The fraction of sp³-hybridized carbons (Fsp3) is 0.136. The number of anilines is 1. The summed E-state index contributed by atoms with van der Waals surface area (Å²) >= 11 is 0. The van der Waals surface area contributed by atoms with Gasteiger partial charge in [0.05, 0.1) is 11.6 Å². The van der Waals surface area contributed by atoms with Gasteiger partial charge in [-0.2, -0.15) is 5.26 Å². The number of nitrogens with zero attached hydrogens (tertiary/aromatic N) is 1. The summed E-state index contributed by atoms with van der Waals surface area (Å²) < 4.78 is 10.5. The van der Waals surface area contributed by atoms with Crippen molar-refractivity contribution >= 4 is 23.6 Å². The number of nitriles is 1. The Morgan fingerprint density at radius 2 is 2.00 bits per heavy atom. The number of hydrogen-bond acceptors (Lipinski definition) is 5. The van der Waals surface area contributed by atoms with Crippen LogP contribution in [0.3, 0.4) is 0 Å². The van der Waals surface area contributed by atoms with Gasteiger partial charge in [0.1, 0.15) is 12.4 Å². The molecule has 0 aliphatic carbocycles. The second-order valence-electron chi connectivity index (χ2n) is 5.76. The van der Waals surface area contributed by atoms with Gasteiger partial charge in [0.2, 0.25) is 0 Å². The van der Waals surface area contributed by atoms with E-state index in [2.05, 4.69) is 11.9 Å².